The number of anilines is 1. The normalized spacial score (nSPS) is 10.8. The zero-order valence-electron chi connectivity index (χ0n) is 17.7. The Labute approximate surface area is 189 Å². The van der Waals surface area contributed by atoms with Crippen LogP contribution in [-0.4, -0.2) is 36.6 Å². The molecule has 0 aliphatic rings. The standard InChI is InChI=1S/C23H22N6O2S/c1-3-29-21(31)18(20(30)24-22-25-23(27-26-22)32-4-2)17(15-11-7-5-8-12-15)19(28-29)16-13-9-6-10-14-16/h5-14H,3-4H2,1-2H3,(H2,24,25,26,27,30). The van der Waals surface area contributed by atoms with Crippen molar-refractivity contribution < 1.29 is 4.79 Å². The van der Waals surface area contributed by atoms with Crippen molar-refractivity contribution in [3.63, 3.8) is 0 Å². The SMILES string of the molecule is CCSc1n[nH]c(NC(=O)c2c(-c3ccccc3)c(-c3ccccc3)nn(CC)c2=O)n1. The van der Waals surface area contributed by atoms with Crippen LogP contribution in [0.5, 0.6) is 0 Å². The second-order valence-corrected chi connectivity index (χ2v) is 8.04. The Kier molecular flexibility index (Phi) is 6.46. The van der Waals surface area contributed by atoms with Crippen molar-refractivity contribution in [2.24, 2.45) is 0 Å². The van der Waals surface area contributed by atoms with Gasteiger partial charge in [-0.1, -0.05) is 79.3 Å². The molecule has 2 aromatic heterocycles. The summed E-state index contributed by atoms with van der Waals surface area (Å²) in [4.78, 5) is 31.0. The quantitative estimate of drug-likeness (QED) is 0.415. The Hall–Kier alpha value is -3.72. The van der Waals surface area contributed by atoms with Crippen molar-refractivity contribution in [2.75, 3.05) is 11.1 Å². The largest absolute Gasteiger partial charge is 0.291 e. The number of aromatic amines is 1. The van der Waals surface area contributed by atoms with Gasteiger partial charge in [0.15, 0.2) is 0 Å². The van der Waals surface area contributed by atoms with Gasteiger partial charge >= 0.3 is 0 Å². The number of hydrogen-bond donors (Lipinski definition) is 2. The van der Waals surface area contributed by atoms with Gasteiger partial charge in [0.25, 0.3) is 11.5 Å². The first-order valence-electron chi connectivity index (χ1n) is 10.2. The van der Waals surface area contributed by atoms with E-state index in [-0.39, 0.29) is 11.5 Å². The minimum Gasteiger partial charge on any atom is -0.291 e. The number of rotatable bonds is 7. The van der Waals surface area contributed by atoms with Gasteiger partial charge in [-0.25, -0.2) is 9.78 Å². The van der Waals surface area contributed by atoms with Gasteiger partial charge in [0.05, 0.1) is 5.69 Å². The highest BCUT2D eigenvalue weighted by Gasteiger charge is 2.25. The number of benzene rings is 2. The minimum absolute atomic E-state index is 0.00741. The second-order valence-electron chi connectivity index (χ2n) is 6.81. The van der Waals surface area contributed by atoms with E-state index in [4.69, 9.17) is 0 Å². The molecule has 0 fully saturated rings. The average molecular weight is 447 g/mol. The number of aryl methyl sites for hydroxylation is 1. The maximum Gasteiger partial charge on any atom is 0.280 e. The molecule has 2 heterocycles. The predicted octanol–water partition coefficient (Wildman–Crippen LogP) is 4.08. The molecule has 0 aliphatic heterocycles. The lowest BCUT2D eigenvalue weighted by molar-refractivity contribution is 0.102. The van der Waals surface area contributed by atoms with E-state index in [9.17, 15) is 9.59 Å². The zero-order valence-corrected chi connectivity index (χ0v) is 18.5. The minimum atomic E-state index is -0.570. The van der Waals surface area contributed by atoms with Crippen molar-refractivity contribution in [1.29, 1.82) is 0 Å². The van der Waals surface area contributed by atoms with Crippen LogP contribution >= 0.6 is 11.8 Å². The van der Waals surface area contributed by atoms with Crippen molar-refractivity contribution in [1.82, 2.24) is 25.0 Å². The van der Waals surface area contributed by atoms with Gasteiger partial charge in [-0.15, -0.1) is 5.10 Å². The average Bonchev–Trinajstić information content (AvgIpc) is 3.26. The monoisotopic (exact) mass is 446 g/mol. The molecule has 8 nitrogen and oxygen atoms in total. The van der Waals surface area contributed by atoms with E-state index in [1.54, 1.807) is 0 Å². The molecular weight excluding hydrogens is 424 g/mol. The summed E-state index contributed by atoms with van der Waals surface area (Å²) < 4.78 is 1.31. The van der Waals surface area contributed by atoms with Gasteiger partial charge in [0.1, 0.15) is 5.56 Å². The Morgan fingerprint density at radius 1 is 1.03 bits per heavy atom. The Morgan fingerprint density at radius 2 is 1.69 bits per heavy atom. The molecule has 162 valence electrons. The van der Waals surface area contributed by atoms with E-state index in [0.717, 1.165) is 16.9 Å². The van der Waals surface area contributed by atoms with Crippen LogP contribution in [0.15, 0.2) is 70.6 Å². The summed E-state index contributed by atoms with van der Waals surface area (Å²) >= 11 is 1.45. The number of amides is 1. The van der Waals surface area contributed by atoms with Crippen LogP contribution in [0, 0.1) is 0 Å². The number of carbonyl (C=O) groups excluding carboxylic acids is 1. The fourth-order valence-corrected chi connectivity index (χ4v) is 3.87. The fourth-order valence-electron chi connectivity index (χ4n) is 3.35. The molecule has 4 aromatic rings. The first kappa shape index (κ1) is 21.5. The third-order valence-corrected chi connectivity index (χ3v) is 5.49. The number of hydrogen-bond acceptors (Lipinski definition) is 6. The smallest absolute Gasteiger partial charge is 0.280 e. The molecule has 2 aromatic carbocycles. The van der Waals surface area contributed by atoms with Crippen LogP contribution in [0.3, 0.4) is 0 Å². The molecule has 0 spiro atoms. The first-order chi connectivity index (χ1) is 15.6. The number of nitrogens with one attached hydrogen (secondary N) is 2. The van der Waals surface area contributed by atoms with Crippen LogP contribution in [0.2, 0.25) is 0 Å². The Bertz CT molecular complexity index is 1290. The third-order valence-electron chi connectivity index (χ3n) is 4.76. The molecule has 9 heteroatoms. The van der Waals surface area contributed by atoms with Crippen molar-refractivity contribution in [3.05, 3.63) is 76.6 Å². The topological polar surface area (TPSA) is 106 Å². The van der Waals surface area contributed by atoms with E-state index >= 15 is 0 Å². The second kappa shape index (κ2) is 9.61. The van der Waals surface area contributed by atoms with E-state index < -0.39 is 11.5 Å². The van der Waals surface area contributed by atoms with Crippen LogP contribution in [-0.2, 0) is 6.54 Å². The van der Waals surface area contributed by atoms with Gasteiger partial charge < -0.3 is 0 Å². The number of thioether (sulfide) groups is 1. The van der Waals surface area contributed by atoms with Crippen LogP contribution < -0.4 is 10.9 Å². The van der Waals surface area contributed by atoms with Crippen molar-refractivity contribution >= 4 is 23.6 Å². The highest BCUT2D eigenvalue weighted by molar-refractivity contribution is 7.99. The number of aromatic nitrogens is 5. The lowest BCUT2D eigenvalue weighted by Crippen LogP contribution is -2.32. The maximum atomic E-state index is 13.4. The first-order valence-corrected chi connectivity index (χ1v) is 11.2. The molecule has 1 amide bonds. The van der Waals surface area contributed by atoms with Gasteiger partial charge in [-0.2, -0.15) is 10.1 Å². The predicted molar refractivity (Wildman–Crippen MR) is 126 cm³/mol. The molecule has 32 heavy (non-hydrogen) atoms. The molecule has 0 aliphatic carbocycles. The van der Waals surface area contributed by atoms with E-state index in [1.165, 1.54) is 16.4 Å². The van der Waals surface area contributed by atoms with Crippen LogP contribution in [0.1, 0.15) is 24.2 Å². The zero-order chi connectivity index (χ0) is 22.5. The molecule has 0 bridgehead atoms. The molecule has 0 unspecified atom stereocenters. The molecule has 0 saturated carbocycles. The third kappa shape index (κ3) is 4.33. The van der Waals surface area contributed by atoms with Gasteiger partial charge in [-0.05, 0) is 18.2 Å². The summed E-state index contributed by atoms with van der Waals surface area (Å²) in [6, 6.07) is 18.9. The molecule has 0 saturated heterocycles. The fraction of sp³-hybridized carbons (Fsp3) is 0.174. The summed E-state index contributed by atoms with van der Waals surface area (Å²) in [5.74, 6) is 0.417. The molecule has 0 atom stereocenters. The van der Waals surface area contributed by atoms with Gasteiger partial charge in [0, 0.05) is 17.7 Å². The highest BCUT2D eigenvalue weighted by atomic mass is 32.2. The molecule has 0 radical (unpaired) electrons. The summed E-state index contributed by atoms with van der Waals surface area (Å²) in [6.45, 7) is 4.13. The van der Waals surface area contributed by atoms with E-state index in [0.29, 0.717) is 23.0 Å². The Morgan fingerprint density at radius 3 is 2.31 bits per heavy atom. The molecule has 2 N–H and O–H groups in total. The summed E-state index contributed by atoms with van der Waals surface area (Å²) in [7, 11) is 0. The summed E-state index contributed by atoms with van der Waals surface area (Å²) in [5, 5.41) is 14.6. The van der Waals surface area contributed by atoms with Crippen molar-refractivity contribution in [2.45, 2.75) is 25.5 Å². The number of nitrogens with zero attached hydrogens (tertiary/aromatic N) is 4. The highest BCUT2D eigenvalue weighted by Crippen LogP contribution is 2.32. The number of carbonyl (C=O) groups is 1. The van der Waals surface area contributed by atoms with E-state index in [1.807, 2.05) is 74.5 Å². The maximum absolute atomic E-state index is 13.4. The van der Waals surface area contributed by atoms with Gasteiger partial charge in [0.2, 0.25) is 11.1 Å². The van der Waals surface area contributed by atoms with Crippen molar-refractivity contribution in [3.8, 4) is 22.4 Å². The Balaban J connectivity index is 1.91. The molecular formula is C23H22N6O2S. The van der Waals surface area contributed by atoms with Crippen LogP contribution in [0.4, 0.5) is 5.95 Å². The van der Waals surface area contributed by atoms with E-state index in [2.05, 4.69) is 25.6 Å². The summed E-state index contributed by atoms with van der Waals surface area (Å²) in [6.07, 6.45) is 0. The lowest BCUT2D eigenvalue weighted by Gasteiger charge is -2.16. The number of H-pyrrole nitrogens is 1. The lowest BCUT2D eigenvalue weighted by atomic mass is 9.95. The molecule has 4 rings (SSSR count). The summed E-state index contributed by atoms with van der Waals surface area (Å²) in [5.41, 5.74) is 2.11. The van der Waals surface area contributed by atoms with Crippen LogP contribution in [0.25, 0.3) is 22.4 Å². The van der Waals surface area contributed by atoms with Gasteiger partial charge in [-0.3, -0.25) is 14.9 Å².